The van der Waals surface area contributed by atoms with Crippen LogP contribution in [-0.2, 0) is 11.2 Å². The number of aromatic carboxylic acids is 1. The third kappa shape index (κ3) is 3.83. The number of nitrogens with zero attached hydrogens (tertiary/aromatic N) is 1. The Balaban J connectivity index is 1.75. The Kier molecular flexibility index (Phi) is 5.27. The van der Waals surface area contributed by atoms with Crippen molar-refractivity contribution < 1.29 is 19.4 Å². The van der Waals surface area contributed by atoms with Crippen molar-refractivity contribution in [3.8, 4) is 0 Å². The van der Waals surface area contributed by atoms with Crippen LogP contribution in [0.25, 0.3) is 0 Å². The maximum Gasteiger partial charge on any atom is 0.345 e. The predicted octanol–water partition coefficient (Wildman–Crippen LogP) is 2.92. The first-order chi connectivity index (χ1) is 11.6. The molecule has 1 saturated heterocycles. The van der Waals surface area contributed by atoms with Gasteiger partial charge in [0.1, 0.15) is 4.88 Å². The highest BCUT2D eigenvalue weighted by atomic mass is 32.1. The number of carbonyl (C=O) groups is 2. The van der Waals surface area contributed by atoms with Gasteiger partial charge in [-0.1, -0.05) is 30.3 Å². The van der Waals surface area contributed by atoms with Gasteiger partial charge in [-0.3, -0.25) is 4.79 Å². The monoisotopic (exact) mass is 345 g/mol. The second kappa shape index (κ2) is 7.59. The van der Waals surface area contributed by atoms with Crippen molar-refractivity contribution in [1.82, 2.24) is 4.90 Å². The lowest BCUT2D eigenvalue weighted by molar-refractivity contribution is 0.0660. The first-order valence-electron chi connectivity index (χ1n) is 7.91. The molecule has 6 heteroatoms. The van der Waals surface area contributed by atoms with E-state index >= 15 is 0 Å². The zero-order chi connectivity index (χ0) is 16.9. The molecular weight excluding hydrogens is 326 g/mol. The molecule has 1 aromatic carbocycles. The van der Waals surface area contributed by atoms with Crippen LogP contribution in [-0.4, -0.2) is 47.7 Å². The first kappa shape index (κ1) is 16.7. The Labute approximate surface area is 144 Å². The van der Waals surface area contributed by atoms with Crippen LogP contribution < -0.4 is 0 Å². The van der Waals surface area contributed by atoms with Crippen LogP contribution in [0, 0.1) is 0 Å². The number of carboxylic acid groups (broad SMARTS) is 1. The Bertz CT molecular complexity index is 707. The number of amides is 1. The molecule has 1 aliphatic heterocycles. The lowest BCUT2D eigenvalue weighted by Crippen LogP contribution is -2.41. The third-order valence-electron chi connectivity index (χ3n) is 4.12. The van der Waals surface area contributed by atoms with Crippen molar-refractivity contribution >= 4 is 23.2 Å². The topological polar surface area (TPSA) is 66.8 Å². The van der Waals surface area contributed by atoms with Crippen LogP contribution in [0.5, 0.6) is 0 Å². The van der Waals surface area contributed by atoms with E-state index in [0.717, 1.165) is 24.2 Å². The molecule has 3 rings (SSSR count). The highest BCUT2D eigenvalue weighted by molar-refractivity contribution is 7.15. The van der Waals surface area contributed by atoms with E-state index in [2.05, 4.69) is 0 Å². The summed E-state index contributed by atoms with van der Waals surface area (Å²) in [6, 6.07) is 13.2. The van der Waals surface area contributed by atoms with E-state index in [0.29, 0.717) is 24.6 Å². The van der Waals surface area contributed by atoms with Gasteiger partial charge < -0.3 is 14.7 Å². The minimum absolute atomic E-state index is 0.0524. The van der Waals surface area contributed by atoms with Crippen molar-refractivity contribution in [3.63, 3.8) is 0 Å². The van der Waals surface area contributed by atoms with E-state index in [1.165, 1.54) is 11.6 Å². The molecule has 1 aliphatic rings. The summed E-state index contributed by atoms with van der Waals surface area (Å²) in [6.45, 7) is 1.79. The minimum atomic E-state index is -1.00. The molecule has 0 radical (unpaired) electrons. The zero-order valence-corrected chi connectivity index (χ0v) is 14.0. The summed E-state index contributed by atoms with van der Waals surface area (Å²) < 4.78 is 5.43. The number of ether oxygens (including phenoxy) is 1. The van der Waals surface area contributed by atoms with Crippen molar-refractivity contribution in [1.29, 1.82) is 0 Å². The van der Waals surface area contributed by atoms with Gasteiger partial charge in [0.2, 0.25) is 0 Å². The Morgan fingerprint density at radius 2 is 1.92 bits per heavy atom. The van der Waals surface area contributed by atoms with Crippen molar-refractivity contribution in [2.45, 2.75) is 18.9 Å². The van der Waals surface area contributed by atoms with Crippen LogP contribution in [0.1, 0.15) is 31.3 Å². The van der Waals surface area contributed by atoms with Crippen molar-refractivity contribution in [3.05, 3.63) is 57.8 Å². The van der Waals surface area contributed by atoms with Crippen LogP contribution in [0.4, 0.5) is 0 Å². The van der Waals surface area contributed by atoms with Gasteiger partial charge in [0.15, 0.2) is 0 Å². The summed E-state index contributed by atoms with van der Waals surface area (Å²) in [5.41, 5.74) is 1.17. The number of hydrogen-bond acceptors (Lipinski definition) is 4. The van der Waals surface area contributed by atoms with Gasteiger partial charge >= 0.3 is 5.97 Å². The lowest BCUT2D eigenvalue weighted by atomic mass is 10.1. The number of carboxylic acids is 1. The molecular formula is C18H19NO4S. The number of hydrogen-bond donors (Lipinski definition) is 1. The summed E-state index contributed by atoms with van der Waals surface area (Å²) in [7, 11) is 0. The van der Waals surface area contributed by atoms with Gasteiger partial charge in [-0.25, -0.2) is 4.79 Å². The summed E-state index contributed by atoms with van der Waals surface area (Å²) in [4.78, 5) is 26.4. The number of rotatable bonds is 6. The highest BCUT2D eigenvalue weighted by Crippen LogP contribution is 2.22. The van der Waals surface area contributed by atoms with Crippen LogP contribution in [0.15, 0.2) is 42.5 Å². The van der Waals surface area contributed by atoms with Gasteiger partial charge in [0.25, 0.3) is 5.91 Å². The minimum Gasteiger partial charge on any atom is -0.477 e. The van der Waals surface area contributed by atoms with E-state index < -0.39 is 5.97 Å². The molecule has 1 fully saturated rings. The van der Waals surface area contributed by atoms with Crippen LogP contribution in [0.2, 0.25) is 0 Å². The molecule has 24 heavy (non-hydrogen) atoms. The summed E-state index contributed by atoms with van der Waals surface area (Å²) in [6.07, 6.45) is 1.58. The average Bonchev–Trinajstić information content (AvgIpc) is 3.28. The molecule has 0 saturated carbocycles. The number of carbonyl (C=O) groups excluding carboxylic acids is 1. The normalized spacial score (nSPS) is 16.9. The Hall–Kier alpha value is -2.18. The third-order valence-corrected chi connectivity index (χ3v) is 5.18. The van der Waals surface area contributed by atoms with E-state index in [4.69, 9.17) is 9.84 Å². The Morgan fingerprint density at radius 3 is 2.54 bits per heavy atom. The predicted molar refractivity (Wildman–Crippen MR) is 91.7 cm³/mol. The SMILES string of the molecule is O=C(O)c1ccc(C(=O)N(CCc2ccccc2)[C@H]2CCOC2)s1. The first-order valence-corrected chi connectivity index (χ1v) is 8.72. The summed E-state index contributed by atoms with van der Waals surface area (Å²) in [5, 5.41) is 9.05. The fraction of sp³-hybridized carbons (Fsp3) is 0.333. The van der Waals surface area contributed by atoms with Crippen molar-refractivity contribution in [2.24, 2.45) is 0 Å². The molecule has 0 bridgehead atoms. The number of thiophene rings is 1. The molecule has 1 atom stereocenters. The molecule has 2 heterocycles. The molecule has 1 amide bonds. The van der Waals surface area contributed by atoms with Crippen LogP contribution >= 0.6 is 11.3 Å². The quantitative estimate of drug-likeness (QED) is 0.874. The second-order valence-corrected chi connectivity index (χ2v) is 6.80. The maximum absolute atomic E-state index is 12.9. The van der Waals surface area contributed by atoms with E-state index in [9.17, 15) is 9.59 Å². The zero-order valence-electron chi connectivity index (χ0n) is 13.2. The molecule has 0 aliphatic carbocycles. The molecule has 2 aromatic rings. The number of benzene rings is 1. The lowest BCUT2D eigenvalue weighted by Gasteiger charge is -2.27. The van der Waals surface area contributed by atoms with Crippen molar-refractivity contribution in [2.75, 3.05) is 19.8 Å². The smallest absolute Gasteiger partial charge is 0.345 e. The van der Waals surface area contributed by atoms with Gasteiger partial charge in [-0.2, -0.15) is 0 Å². The summed E-state index contributed by atoms with van der Waals surface area (Å²) >= 11 is 1.03. The summed E-state index contributed by atoms with van der Waals surface area (Å²) in [5.74, 6) is -1.11. The second-order valence-electron chi connectivity index (χ2n) is 5.72. The van der Waals surface area contributed by atoms with E-state index in [1.54, 1.807) is 6.07 Å². The van der Waals surface area contributed by atoms with Gasteiger partial charge in [0.05, 0.1) is 17.5 Å². The van der Waals surface area contributed by atoms with Crippen LogP contribution in [0.3, 0.4) is 0 Å². The highest BCUT2D eigenvalue weighted by Gasteiger charge is 2.29. The fourth-order valence-electron chi connectivity index (χ4n) is 2.82. The standard InChI is InChI=1S/C18H19NO4S/c20-17(15-6-7-16(24-15)18(21)22)19(14-9-11-23-12-14)10-8-13-4-2-1-3-5-13/h1-7,14H,8-12H2,(H,21,22)/t14-/m0/s1. The largest absolute Gasteiger partial charge is 0.477 e. The molecule has 5 nitrogen and oxygen atoms in total. The molecule has 1 N–H and O–H groups in total. The van der Waals surface area contributed by atoms with Gasteiger partial charge in [-0.15, -0.1) is 11.3 Å². The molecule has 0 unspecified atom stereocenters. The molecule has 0 spiro atoms. The van der Waals surface area contributed by atoms with E-state index in [-0.39, 0.29) is 16.8 Å². The van der Waals surface area contributed by atoms with E-state index in [1.807, 2.05) is 35.2 Å². The average molecular weight is 345 g/mol. The Morgan fingerprint density at radius 1 is 1.17 bits per heavy atom. The maximum atomic E-state index is 12.9. The molecule has 1 aromatic heterocycles. The van der Waals surface area contributed by atoms with Gasteiger partial charge in [-0.05, 0) is 30.5 Å². The molecule has 126 valence electrons. The van der Waals surface area contributed by atoms with Gasteiger partial charge in [0, 0.05) is 13.2 Å². The fourth-order valence-corrected chi connectivity index (χ4v) is 3.62.